The van der Waals surface area contributed by atoms with Crippen LogP contribution >= 0.6 is 0 Å². The molecule has 142 valence electrons. The number of carbonyl (C=O) groups excluding carboxylic acids is 1. The van der Waals surface area contributed by atoms with Gasteiger partial charge in [0.1, 0.15) is 23.3 Å². The molecule has 7 heteroatoms. The molecular formula is C20H21FN2O4. The Bertz CT molecular complexity index is 778. The van der Waals surface area contributed by atoms with E-state index in [2.05, 4.69) is 4.98 Å². The highest BCUT2D eigenvalue weighted by molar-refractivity contribution is 5.79. The SMILES string of the molecule is O=C(COc1ccc(F)cc1)N1CC2(CC(Oc3ccccn3)CCO2)C1. The standard InChI is InChI=1S/C20H21FN2O4/c21-15-4-6-16(7-5-15)25-12-19(24)23-13-20(14-23)11-17(8-10-26-20)27-18-3-1-2-9-22-18/h1-7,9,17H,8,10-14H2. The Morgan fingerprint density at radius 3 is 2.81 bits per heavy atom. The average Bonchev–Trinajstić information content (AvgIpc) is 2.66. The number of carbonyl (C=O) groups is 1. The van der Waals surface area contributed by atoms with Crippen molar-refractivity contribution in [2.45, 2.75) is 24.5 Å². The summed E-state index contributed by atoms with van der Waals surface area (Å²) < 4.78 is 30.2. The molecule has 1 aromatic carbocycles. The molecule has 3 heterocycles. The van der Waals surface area contributed by atoms with Crippen LogP contribution in [0.2, 0.25) is 0 Å². The molecule has 1 atom stereocenters. The number of benzene rings is 1. The Morgan fingerprint density at radius 1 is 1.26 bits per heavy atom. The van der Waals surface area contributed by atoms with E-state index in [4.69, 9.17) is 14.2 Å². The van der Waals surface area contributed by atoms with Crippen LogP contribution in [0.5, 0.6) is 11.6 Å². The maximum Gasteiger partial charge on any atom is 0.260 e. The number of halogens is 1. The molecule has 2 fully saturated rings. The molecule has 27 heavy (non-hydrogen) atoms. The first-order chi connectivity index (χ1) is 13.1. The number of amides is 1. The molecule has 1 amide bonds. The molecule has 0 bridgehead atoms. The van der Waals surface area contributed by atoms with E-state index in [0.717, 1.165) is 12.8 Å². The van der Waals surface area contributed by atoms with Crippen molar-refractivity contribution in [3.05, 3.63) is 54.5 Å². The van der Waals surface area contributed by atoms with Crippen molar-refractivity contribution in [2.75, 3.05) is 26.3 Å². The lowest BCUT2D eigenvalue weighted by Crippen LogP contribution is -2.68. The average molecular weight is 372 g/mol. The van der Waals surface area contributed by atoms with Crippen molar-refractivity contribution >= 4 is 5.91 Å². The van der Waals surface area contributed by atoms with Crippen LogP contribution in [0.3, 0.4) is 0 Å². The summed E-state index contributed by atoms with van der Waals surface area (Å²) >= 11 is 0. The zero-order valence-corrected chi connectivity index (χ0v) is 14.8. The van der Waals surface area contributed by atoms with Gasteiger partial charge in [-0.25, -0.2) is 9.37 Å². The van der Waals surface area contributed by atoms with Gasteiger partial charge in [0.25, 0.3) is 5.91 Å². The highest BCUT2D eigenvalue weighted by Gasteiger charge is 2.50. The highest BCUT2D eigenvalue weighted by atomic mass is 19.1. The summed E-state index contributed by atoms with van der Waals surface area (Å²) in [6.07, 6.45) is 3.27. The predicted molar refractivity (Wildman–Crippen MR) is 95.0 cm³/mol. The number of pyridine rings is 1. The highest BCUT2D eigenvalue weighted by Crippen LogP contribution is 2.35. The molecule has 0 N–H and O–H groups in total. The minimum Gasteiger partial charge on any atom is -0.484 e. The van der Waals surface area contributed by atoms with E-state index in [1.807, 2.05) is 18.2 Å². The summed E-state index contributed by atoms with van der Waals surface area (Å²) in [5.41, 5.74) is -0.344. The van der Waals surface area contributed by atoms with Crippen LogP contribution in [0.15, 0.2) is 48.7 Å². The maximum absolute atomic E-state index is 12.9. The van der Waals surface area contributed by atoms with Crippen LogP contribution in [0.4, 0.5) is 4.39 Å². The van der Waals surface area contributed by atoms with Crippen LogP contribution in [0, 0.1) is 5.82 Å². The van der Waals surface area contributed by atoms with Gasteiger partial charge < -0.3 is 19.1 Å². The van der Waals surface area contributed by atoms with Crippen LogP contribution in [0.1, 0.15) is 12.8 Å². The summed E-state index contributed by atoms with van der Waals surface area (Å²) in [5.74, 6) is 0.633. The Hall–Kier alpha value is -2.67. The number of rotatable bonds is 5. The normalized spacial score (nSPS) is 20.8. The number of aromatic nitrogens is 1. The lowest BCUT2D eigenvalue weighted by atomic mass is 9.84. The number of hydrogen-bond acceptors (Lipinski definition) is 5. The van der Waals surface area contributed by atoms with Crippen LogP contribution in [-0.2, 0) is 9.53 Å². The van der Waals surface area contributed by atoms with E-state index in [0.29, 0.717) is 31.3 Å². The number of nitrogens with zero attached hydrogens (tertiary/aromatic N) is 2. The van der Waals surface area contributed by atoms with Crippen LogP contribution in [0.25, 0.3) is 0 Å². The summed E-state index contributed by atoms with van der Waals surface area (Å²) in [6.45, 7) is 1.59. The zero-order chi connectivity index (χ0) is 18.7. The lowest BCUT2D eigenvalue weighted by Gasteiger charge is -2.52. The number of ether oxygens (including phenoxy) is 3. The van der Waals surface area contributed by atoms with Gasteiger partial charge in [-0.15, -0.1) is 0 Å². The zero-order valence-electron chi connectivity index (χ0n) is 14.8. The van der Waals surface area contributed by atoms with E-state index in [1.165, 1.54) is 24.3 Å². The Labute approximate surface area is 156 Å². The Morgan fingerprint density at radius 2 is 2.07 bits per heavy atom. The fourth-order valence-corrected chi connectivity index (χ4v) is 3.48. The van der Waals surface area contributed by atoms with Gasteiger partial charge in [0.15, 0.2) is 6.61 Å². The van der Waals surface area contributed by atoms with Gasteiger partial charge in [-0.1, -0.05) is 6.07 Å². The first-order valence-corrected chi connectivity index (χ1v) is 9.00. The molecule has 2 aliphatic heterocycles. The predicted octanol–water partition coefficient (Wildman–Crippen LogP) is 2.44. The minimum absolute atomic E-state index is 0.0290. The number of hydrogen-bond donors (Lipinski definition) is 0. The Balaban J connectivity index is 1.26. The molecule has 2 aliphatic rings. The second-order valence-corrected chi connectivity index (χ2v) is 6.92. The van der Waals surface area contributed by atoms with E-state index < -0.39 is 0 Å². The molecule has 0 aliphatic carbocycles. The van der Waals surface area contributed by atoms with E-state index in [-0.39, 0.29) is 30.0 Å². The fraction of sp³-hybridized carbons (Fsp3) is 0.400. The van der Waals surface area contributed by atoms with Gasteiger partial charge in [-0.2, -0.15) is 0 Å². The topological polar surface area (TPSA) is 60.9 Å². The van der Waals surface area contributed by atoms with Gasteiger partial charge in [-0.3, -0.25) is 4.79 Å². The molecule has 1 spiro atoms. The molecule has 4 rings (SSSR count). The molecule has 0 radical (unpaired) electrons. The molecule has 1 unspecified atom stereocenters. The van der Waals surface area contributed by atoms with E-state index in [1.54, 1.807) is 11.1 Å². The molecule has 1 aromatic heterocycles. The van der Waals surface area contributed by atoms with Gasteiger partial charge in [0.05, 0.1) is 19.7 Å². The first kappa shape index (κ1) is 17.7. The third-order valence-corrected chi connectivity index (χ3v) is 4.86. The molecular weight excluding hydrogens is 351 g/mol. The van der Waals surface area contributed by atoms with Gasteiger partial charge >= 0.3 is 0 Å². The van der Waals surface area contributed by atoms with E-state index >= 15 is 0 Å². The van der Waals surface area contributed by atoms with Crippen molar-refractivity contribution in [1.82, 2.24) is 9.88 Å². The second kappa shape index (κ2) is 7.52. The smallest absolute Gasteiger partial charge is 0.260 e. The summed E-state index contributed by atoms with van der Waals surface area (Å²) in [4.78, 5) is 18.2. The quantitative estimate of drug-likeness (QED) is 0.807. The van der Waals surface area contributed by atoms with Gasteiger partial charge in [0, 0.05) is 25.1 Å². The summed E-state index contributed by atoms with van der Waals surface area (Å²) in [5, 5.41) is 0. The largest absolute Gasteiger partial charge is 0.484 e. The van der Waals surface area contributed by atoms with Crippen molar-refractivity contribution in [3.8, 4) is 11.6 Å². The lowest BCUT2D eigenvalue weighted by molar-refractivity contribution is -0.194. The maximum atomic E-state index is 12.9. The second-order valence-electron chi connectivity index (χ2n) is 6.92. The Kier molecular flexibility index (Phi) is 4.94. The van der Waals surface area contributed by atoms with Gasteiger partial charge in [-0.05, 0) is 30.3 Å². The molecule has 2 saturated heterocycles. The van der Waals surface area contributed by atoms with Gasteiger partial charge in [0.2, 0.25) is 5.88 Å². The van der Waals surface area contributed by atoms with E-state index in [9.17, 15) is 9.18 Å². The number of likely N-dealkylation sites (tertiary alicyclic amines) is 1. The van der Waals surface area contributed by atoms with Crippen molar-refractivity contribution in [3.63, 3.8) is 0 Å². The molecule has 2 aromatic rings. The third kappa shape index (κ3) is 4.19. The van der Waals surface area contributed by atoms with Crippen molar-refractivity contribution < 1.29 is 23.4 Å². The van der Waals surface area contributed by atoms with Crippen molar-refractivity contribution in [1.29, 1.82) is 0 Å². The fourth-order valence-electron chi connectivity index (χ4n) is 3.48. The third-order valence-electron chi connectivity index (χ3n) is 4.86. The molecule has 0 saturated carbocycles. The molecule has 6 nitrogen and oxygen atoms in total. The minimum atomic E-state index is -0.344. The van der Waals surface area contributed by atoms with Crippen LogP contribution in [-0.4, -0.2) is 53.8 Å². The summed E-state index contributed by atoms with van der Waals surface area (Å²) in [7, 11) is 0. The van der Waals surface area contributed by atoms with Crippen molar-refractivity contribution in [2.24, 2.45) is 0 Å². The monoisotopic (exact) mass is 372 g/mol. The van der Waals surface area contributed by atoms with Crippen LogP contribution < -0.4 is 9.47 Å². The summed E-state index contributed by atoms with van der Waals surface area (Å²) in [6, 6.07) is 11.2. The first-order valence-electron chi connectivity index (χ1n) is 9.00.